The van der Waals surface area contributed by atoms with Gasteiger partial charge in [0.05, 0.1) is 27.9 Å². The third-order valence-electron chi connectivity index (χ3n) is 7.22. The number of nitriles is 1. The van der Waals surface area contributed by atoms with E-state index in [2.05, 4.69) is 31.8 Å². The molecule has 0 atom stereocenters. The van der Waals surface area contributed by atoms with E-state index in [4.69, 9.17) is 9.10 Å². The van der Waals surface area contributed by atoms with Gasteiger partial charge in [-0.1, -0.05) is 69.3 Å². The Bertz CT molecular complexity index is 2050. The van der Waals surface area contributed by atoms with Crippen LogP contribution in [0.25, 0.3) is 50.5 Å². The average molecular weight is 538 g/mol. The Morgan fingerprint density at radius 3 is 2.32 bits per heavy atom. The smallest absolute Gasteiger partial charge is 0.149 e. The van der Waals surface area contributed by atoms with Crippen molar-refractivity contribution in [2.45, 2.75) is 33.0 Å². The highest BCUT2D eigenvalue weighted by Crippen LogP contribution is 2.41. The quantitative estimate of drug-likeness (QED) is 0.244. The topological polar surface area (TPSA) is 74.7 Å². The molecule has 0 saturated heterocycles. The summed E-state index contributed by atoms with van der Waals surface area (Å²) in [6.07, 6.45) is 1.48. The lowest BCUT2D eigenvalue weighted by atomic mass is 9.85. The second-order valence-corrected chi connectivity index (χ2v) is 11.1. The number of aromatic nitrogens is 3. The second-order valence-electron chi connectivity index (χ2n) is 11.1. The largest absolute Gasteiger partial charge is 0.507 e. The zero-order valence-corrected chi connectivity index (χ0v) is 23.1. The number of benzene rings is 4. The number of rotatable bonds is 4. The molecule has 4 aromatic carbocycles. The molecule has 0 bridgehead atoms. The fourth-order valence-electron chi connectivity index (χ4n) is 5.24. The Kier molecular flexibility index (Phi) is 5.55. The van der Waals surface area contributed by atoms with Crippen LogP contribution >= 0.6 is 0 Å². The molecule has 0 aliphatic carbocycles. The maximum absolute atomic E-state index is 11.5. The molecule has 5 heteroatoms. The Morgan fingerprint density at radius 1 is 0.854 bits per heavy atom. The van der Waals surface area contributed by atoms with Crippen molar-refractivity contribution in [3.8, 4) is 51.3 Å². The molecule has 0 aliphatic heterocycles. The van der Waals surface area contributed by atoms with E-state index in [-0.39, 0.29) is 16.7 Å². The predicted molar refractivity (Wildman–Crippen MR) is 165 cm³/mol. The minimum absolute atomic E-state index is 0.173. The molecule has 2 heterocycles. The van der Waals surface area contributed by atoms with E-state index in [1.165, 1.54) is 6.20 Å². The minimum atomic E-state index is -2.36. The van der Waals surface area contributed by atoms with E-state index in [0.29, 0.717) is 39.3 Å². The van der Waals surface area contributed by atoms with E-state index < -0.39 is 6.85 Å². The van der Waals surface area contributed by atoms with Crippen LogP contribution in [0, 0.1) is 18.2 Å². The predicted octanol–water partition coefficient (Wildman–Crippen LogP) is 8.60. The Hall–Kier alpha value is -5.21. The van der Waals surface area contributed by atoms with E-state index in [0.717, 1.165) is 22.3 Å². The van der Waals surface area contributed by atoms with E-state index in [9.17, 15) is 10.4 Å². The van der Waals surface area contributed by atoms with E-state index in [1.54, 1.807) is 24.3 Å². The van der Waals surface area contributed by atoms with Gasteiger partial charge in [-0.25, -0.2) is 4.98 Å². The normalized spacial score (nSPS) is 12.9. The first kappa shape index (κ1) is 22.6. The fourth-order valence-corrected chi connectivity index (χ4v) is 5.24. The molecule has 0 fully saturated rings. The number of phenolic OH excluding ortho intramolecular Hbond substituents is 1. The molecule has 2 aromatic heterocycles. The number of nitrogens with zero attached hydrogens (tertiary/aromatic N) is 4. The first-order valence-electron chi connectivity index (χ1n) is 14.9. The highest BCUT2D eigenvalue weighted by Gasteiger charge is 2.24. The first-order valence-corrected chi connectivity index (χ1v) is 13.4. The first-order chi connectivity index (χ1) is 21.0. The van der Waals surface area contributed by atoms with Gasteiger partial charge in [-0.2, -0.15) is 5.26 Å². The maximum Gasteiger partial charge on any atom is 0.149 e. The summed E-state index contributed by atoms with van der Waals surface area (Å²) >= 11 is 0. The molecule has 0 unspecified atom stereocenters. The molecule has 200 valence electrons. The molecule has 1 N–H and O–H groups in total. The lowest BCUT2D eigenvalue weighted by Gasteiger charge is -2.22. The average Bonchev–Trinajstić information content (AvgIpc) is 3.40. The van der Waals surface area contributed by atoms with Crippen LogP contribution in [0.1, 0.15) is 41.6 Å². The molecule has 0 radical (unpaired) electrons. The van der Waals surface area contributed by atoms with Crippen molar-refractivity contribution in [3.05, 3.63) is 120 Å². The van der Waals surface area contributed by atoms with E-state index in [1.807, 2.05) is 77.4 Å². The van der Waals surface area contributed by atoms with Gasteiger partial charge in [0.15, 0.2) is 0 Å². The Balaban J connectivity index is 1.64. The number of phenols is 1. The fraction of sp³-hybridized carbons (Fsp3) is 0.139. The Morgan fingerprint density at radius 2 is 1.61 bits per heavy atom. The summed E-state index contributed by atoms with van der Waals surface area (Å²) in [4.78, 5) is 9.57. The summed E-state index contributed by atoms with van der Waals surface area (Å²) in [5.74, 6) is 0.746. The molecule has 0 amide bonds. The zero-order valence-electron chi connectivity index (χ0n) is 26.1. The number of fused-ring (bicyclic) bond motifs is 1. The van der Waals surface area contributed by atoms with Crippen LogP contribution in [0.5, 0.6) is 5.75 Å². The minimum Gasteiger partial charge on any atom is -0.507 e. The third-order valence-corrected chi connectivity index (χ3v) is 7.22. The number of para-hydroxylation sites is 3. The van der Waals surface area contributed by atoms with Crippen LogP contribution in [-0.4, -0.2) is 19.6 Å². The van der Waals surface area contributed by atoms with Gasteiger partial charge in [0.2, 0.25) is 0 Å². The summed E-state index contributed by atoms with van der Waals surface area (Å²) in [5.41, 5.74) is 6.64. The molecule has 0 aliphatic rings. The molecule has 0 saturated carbocycles. The van der Waals surface area contributed by atoms with Gasteiger partial charge < -0.3 is 5.11 Å². The summed E-state index contributed by atoms with van der Waals surface area (Å²) in [5, 5.41) is 20.8. The zero-order chi connectivity index (χ0) is 31.2. The standard InChI is InChI=1S/C36H30N4O/c1-23-18-25(20-26(19-23)31-17-16-24(21-37)22-38-31)28-12-9-15-32-33(28)39-35(40(32)27-10-6-5-7-11-27)29-13-8-14-30(34(29)41)36(2,3)4/h5-20,22,41H,1-4H3/i1D3. The third kappa shape index (κ3) is 4.74. The van der Waals surface area contributed by atoms with Gasteiger partial charge in [0, 0.05) is 27.1 Å². The van der Waals surface area contributed by atoms with Crippen molar-refractivity contribution in [2.24, 2.45) is 0 Å². The molecule has 6 aromatic rings. The highest BCUT2D eigenvalue weighted by atomic mass is 16.3. The lowest BCUT2D eigenvalue weighted by Crippen LogP contribution is -2.11. The van der Waals surface area contributed by atoms with Crippen molar-refractivity contribution in [1.29, 1.82) is 5.26 Å². The summed E-state index contributed by atoms with van der Waals surface area (Å²) in [6, 6.07) is 32.0. The van der Waals surface area contributed by atoms with Crippen molar-refractivity contribution >= 4 is 11.0 Å². The number of hydrogen-bond acceptors (Lipinski definition) is 4. The van der Waals surface area contributed by atoms with E-state index >= 15 is 0 Å². The maximum atomic E-state index is 11.5. The van der Waals surface area contributed by atoms with Crippen LogP contribution in [0.3, 0.4) is 0 Å². The van der Waals surface area contributed by atoms with Gasteiger partial charge >= 0.3 is 0 Å². The highest BCUT2D eigenvalue weighted by molar-refractivity contribution is 5.96. The summed E-state index contributed by atoms with van der Waals surface area (Å²) in [6.45, 7) is 3.81. The van der Waals surface area contributed by atoms with Crippen LogP contribution in [0.15, 0.2) is 103 Å². The number of aryl methyl sites for hydroxylation is 1. The monoisotopic (exact) mass is 537 g/mol. The van der Waals surface area contributed by atoms with Crippen LogP contribution in [0.2, 0.25) is 0 Å². The molecular weight excluding hydrogens is 504 g/mol. The van der Waals surface area contributed by atoms with Gasteiger partial charge in [-0.15, -0.1) is 0 Å². The molecule has 6 rings (SSSR count). The number of imidazole rings is 1. The Labute approximate surface area is 244 Å². The number of hydrogen-bond donors (Lipinski definition) is 1. The SMILES string of the molecule is [2H]C([2H])([2H])c1cc(-c2ccc(C#N)cn2)cc(-c2cccc3c2nc(-c2cccc(C(C)(C)C)c2O)n3-c2ccccc2)c1. The van der Waals surface area contributed by atoms with Crippen LogP contribution in [-0.2, 0) is 5.41 Å². The molecule has 5 nitrogen and oxygen atoms in total. The lowest BCUT2D eigenvalue weighted by molar-refractivity contribution is 0.448. The molecule has 41 heavy (non-hydrogen) atoms. The van der Waals surface area contributed by atoms with Crippen molar-refractivity contribution < 1.29 is 9.22 Å². The van der Waals surface area contributed by atoms with Gasteiger partial charge in [0.1, 0.15) is 17.6 Å². The molecular formula is C36H30N4O. The van der Waals surface area contributed by atoms with Gasteiger partial charge in [-0.05, 0) is 77.5 Å². The van der Waals surface area contributed by atoms with Crippen molar-refractivity contribution in [2.75, 3.05) is 0 Å². The summed E-state index contributed by atoms with van der Waals surface area (Å²) in [7, 11) is 0. The second kappa shape index (κ2) is 10.1. The molecule has 0 spiro atoms. The summed E-state index contributed by atoms with van der Waals surface area (Å²) < 4.78 is 26.6. The van der Waals surface area contributed by atoms with Crippen molar-refractivity contribution in [1.82, 2.24) is 14.5 Å². The van der Waals surface area contributed by atoms with Gasteiger partial charge in [0.25, 0.3) is 0 Å². The number of aromatic hydroxyl groups is 1. The van der Waals surface area contributed by atoms with Crippen LogP contribution in [0.4, 0.5) is 0 Å². The van der Waals surface area contributed by atoms with Crippen molar-refractivity contribution in [3.63, 3.8) is 0 Å². The number of pyridine rings is 1. The van der Waals surface area contributed by atoms with Crippen LogP contribution < -0.4 is 0 Å². The van der Waals surface area contributed by atoms with Gasteiger partial charge in [-0.3, -0.25) is 9.55 Å².